The molecule has 1 unspecified atom stereocenters. The Bertz CT molecular complexity index is 524. The van der Waals surface area contributed by atoms with Gasteiger partial charge in [0.25, 0.3) is 0 Å². The lowest BCUT2D eigenvalue weighted by molar-refractivity contribution is 0.576. The van der Waals surface area contributed by atoms with Gasteiger partial charge in [0.05, 0.1) is 10.7 Å². The highest BCUT2D eigenvalue weighted by atomic mass is 35.5. The van der Waals surface area contributed by atoms with Crippen LogP contribution in [0.25, 0.3) is 0 Å². The molecule has 0 aliphatic rings. The fourth-order valence-corrected chi connectivity index (χ4v) is 1.90. The maximum atomic E-state index is 13.7. The molecule has 1 atom stereocenters. The summed E-state index contributed by atoms with van der Waals surface area (Å²) in [5.74, 6) is -0.447. The molecule has 0 fully saturated rings. The van der Waals surface area contributed by atoms with Gasteiger partial charge in [-0.3, -0.25) is 4.68 Å². The zero-order chi connectivity index (χ0) is 12.4. The number of halogens is 2. The van der Waals surface area contributed by atoms with E-state index < -0.39 is 11.9 Å². The van der Waals surface area contributed by atoms with Crippen molar-refractivity contribution in [3.63, 3.8) is 0 Å². The monoisotopic (exact) mass is 253 g/mol. The third-order valence-electron chi connectivity index (χ3n) is 2.58. The summed E-state index contributed by atoms with van der Waals surface area (Å²) in [5, 5.41) is 4.31. The van der Waals surface area contributed by atoms with E-state index >= 15 is 0 Å². The Kier molecular flexibility index (Phi) is 3.45. The normalized spacial score (nSPS) is 12.7. The van der Waals surface area contributed by atoms with E-state index in [0.717, 1.165) is 5.69 Å². The van der Waals surface area contributed by atoms with Gasteiger partial charge in [-0.25, -0.2) is 4.39 Å². The summed E-state index contributed by atoms with van der Waals surface area (Å²) in [7, 11) is 1.83. The van der Waals surface area contributed by atoms with Gasteiger partial charge >= 0.3 is 0 Å². The van der Waals surface area contributed by atoms with Crippen LogP contribution in [-0.4, -0.2) is 9.78 Å². The van der Waals surface area contributed by atoms with Crippen LogP contribution in [0, 0.1) is 5.82 Å². The van der Waals surface area contributed by atoms with Gasteiger partial charge in [-0.1, -0.05) is 23.7 Å². The Morgan fingerprint density at radius 1 is 1.47 bits per heavy atom. The van der Waals surface area contributed by atoms with E-state index in [1.54, 1.807) is 16.8 Å². The van der Waals surface area contributed by atoms with E-state index in [-0.39, 0.29) is 5.02 Å². The molecular weight excluding hydrogens is 241 g/mol. The third kappa shape index (κ3) is 2.65. The standard InChI is InChI=1S/C12H13ClFN3/c1-17-6-5-8(16-17)7-11(15)9-3-2-4-10(13)12(9)14/h2-6,11H,7,15H2,1H3. The third-order valence-corrected chi connectivity index (χ3v) is 2.87. The molecule has 5 heteroatoms. The summed E-state index contributed by atoms with van der Waals surface area (Å²) in [6.45, 7) is 0. The second-order valence-corrected chi connectivity index (χ2v) is 4.34. The summed E-state index contributed by atoms with van der Waals surface area (Å²) in [5.41, 5.74) is 7.21. The topological polar surface area (TPSA) is 43.8 Å². The summed E-state index contributed by atoms with van der Waals surface area (Å²) in [6.07, 6.45) is 2.31. The molecule has 0 saturated heterocycles. The lowest BCUT2D eigenvalue weighted by atomic mass is 10.0. The second kappa shape index (κ2) is 4.85. The molecule has 0 amide bonds. The van der Waals surface area contributed by atoms with Gasteiger partial charge in [0.1, 0.15) is 5.82 Å². The number of aryl methyl sites for hydroxylation is 1. The number of aromatic nitrogens is 2. The van der Waals surface area contributed by atoms with Crippen LogP contribution in [0.15, 0.2) is 30.5 Å². The summed E-state index contributed by atoms with van der Waals surface area (Å²) >= 11 is 5.71. The van der Waals surface area contributed by atoms with Gasteiger partial charge in [-0.2, -0.15) is 5.10 Å². The largest absolute Gasteiger partial charge is 0.324 e. The van der Waals surface area contributed by atoms with Crippen molar-refractivity contribution in [2.24, 2.45) is 12.8 Å². The van der Waals surface area contributed by atoms with Gasteiger partial charge in [-0.05, 0) is 12.1 Å². The first-order valence-electron chi connectivity index (χ1n) is 5.26. The minimum atomic E-state index is -0.447. The lowest BCUT2D eigenvalue weighted by Gasteiger charge is -2.12. The molecule has 0 aliphatic heterocycles. The molecule has 0 bridgehead atoms. The maximum Gasteiger partial charge on any atom is 0.146 e. The van der Waals surface area contributed by atoms with Crippen LogP contribution in [0.5, 0.6) is 0 Å². The van der Waals surface area contributed by atoms with Crippen LogP contribution in [0.4, 0.5) is 4.39 Å². The molecule has 1 aromatic carbocycles. The van der Waals surface area contributed by atoms with Crippen molar-refractivity contribution < 1.29 is 4.39 Å². The molecule has 0 spiro atoms. The second-order valence-electron chi connectivity index (χ2n) is 3.93. The van der Waals surface area contributed by atoms with Crippen molar-refractivity contribution in [2.75, 3.05) is 0 Å². The van der Waals surface area contributed by atoms with Crippen LogP contribution in [0.1, 0.15) is 17.3 Å². The molecule has 90 valence electrons. The van der Waals surface area contributed by atoms with E-state index in [9.17, 15) is 4.39 Å². The first-order valence-corrected chi connectivity index (χ1v) is 5.63. The van der Waals surface area contributed by atoms with Crippen LogP contribution in [0.3, 0.4) is 0 Å². The molecule has 2 aromatic rings. The van der Waals surface area contributed by atoms with Crippen LogP contribution in [0.2, 0.25) is 5.02 Å². The molecule has 0 radical (unpaired) electrons. The van der Waals surface area contributed by atoms with Crippen molar-refractivity contribution in [3.8, 4) is 0 Å². The number of hydrogen-bond donors (Lipinski definition) is 1. The highest BCUT2D eigenvalue weighted by Gasteiger charge is 2.15. The average molecular weight is 254 g/mol. The smallest absolute Gasteiger partial charge is 0.146 e. The number of nitrogens with zero attached hydrogens (tertiary/aromatic N) is 2. The number of benzene rings is 1. The Labute approximate surface area is 104 Å². The van der Waals surface area contributed by atoms with Crippen molar-refractivity contribution in [3.05, 3.63) is 52.6 Å². The van der Waals surface area contributed by atoms with Crippen LogP contribution < -0.4 is 5.73 Å². The zero-order valence-electron chi connectivity index (χ0n) is 9.40. The molecule has 2 rings (SSSR count). The molecule has 17 heavy (non-hydrogen) atoms. The highest BCUT2D eigenvalue weighted by Crippen LogP contribution is 2.23. The minimum Gasteiger partial charge on any atom is -0.324 e. The Morgan fingerprint density at radius 3 is 2.88 bits per heavy atom. The zero-order valence-corrected chi connectivity index (χ0v) is 10.2. The fourth-order valence-electron chi connectivity index (χ4n) is 1.71. The quantitative estimate of drug-likeness (QED) is 0.913. The molecule has 3 nitrogen and oxygen atoms in total. The number of nitrogens with two attached hydrogens (primary N) is 1. The van der Waals surface area contributed by atoms with Crippen LogP contribution in [-0.2, 0) is 13.5 Å². The van der Waals surface area contributed by atoms with Crippen molar-refractivity contribution in [1.82, 2.24) is 9.78 Å². The Hall–Kier alpha value is -1.39. The minimum absolute atomic E-state index is 0.0963. The number of hydrogen-bond acceptors (Lipinski definition) is 2. The predicted octanol–water partition coefficient (Wildman–Crippen LogP) is 2.46. The first-order chi connectivity index (χ1) is 8.08. The maximum absolute atomic E-state index is 13.7. The molecular formula is C12H13ClFN3. The van der Waals surface area contributed by atoms with Gasteiger partial charge in [0.15, 0.2) is 0 Å². The Balaban J connectivity index is 2.20. The summed E-state index contributed by atoms with van der Waals surface area (Å²) < 4.78 is 15.4. The summed E-state index contributed by atoms with van der Waals surface area (Å²) in [6, 6.07) is 6.27. The average Bonchev–Trinajstić information content (AvgIpc) is 2.68. The van der Waals surface area contributed by atoms with Gasteiger partial charge in [-0.15, -0.1) is 0 Å². The van der Waals surface area contributed by atoms with Gasteiger partial charge < -0.3 is 5.73 Å². The van der Waals surface area contributed by atoms with Gasteiger partial charge in [0, 0.05) is 31.3 Å². The lowest BCUT2D eigenvalue weighted by Crippen LogP contribution is -2.15. The highest BCUT2D eigenvalue weighted by molar-refractivity contribution is 6.30. The fraction of sp³-hybridized carbons (Fsp3) is 0.250. The number of rotatable bonds is 3. The molecule has 1 aromatic heterocycles. The van der Waals surface area contributed by atoms with Gasteiger partial charge in [0.2, 0.25) is 0 Å². The molecule has 1 heterocycles. The first kappa shape index (κ1) is 12.1. The van der Waals surface area contributed by atoms with Crippen molar-refractivity contribution in [2.45, 2.75) is 12.5 Å². The predicted molar refractivity (Wildman–Crippen MR) is 65.3 cm³/mol. The van der Waals surface area contributed by atoms with Crippen molar-refractivity contribution >= 4 is 11.6 Å². The van der Waals surface area contributed by atoms with Crippen molar-refractivity contribution in [1.29, 1.82) is 0 Å². The summed E-state index contributed by atoms with van der Waals surface area (Å²) in [4.78, 5) is 0. The molecule has 0 aliphatic carbocycles. The van der Waals surface area contributed by atoms with E-state index in [4.69, 9.17) is 17.3 Å². The van der Waals surface area contributed by atoms with E-state index in [1.165, 1.54) is 6.07 Å². The molecule has 0 saturated carbocycles. The van der Waals surface area contributed by atoms with E-state index in [1.807, 2.05) is 19.3 Å². The van der Waals surface area contributed by atoms with E-state index in [0.29, 0.717) is 12.0 Å². The van der Waals surface area contributed by atoms with Crippen LogP contribution >= 0.6 is 11.6 Å². The Morgan fingerprint density at radius 2 is 2.24 bits per heavy atom. The SMILES string of the molecule is Cn1ccc(CC(N)c2cccc(Cl)c2F)n1. The molecule has 2 N–H and O–H groups in total. The van der Waals surface area contributed by atoms with E-state index in [2.05, 4.69) is 5.10 Å².